The largest absolute Gasteiger partial charge is 0.341 e. The van der Waals surface area contributed by atoms with Gasteiger partial charge in [0.1, 0.15) is 0 Å². The molecule has 0 nitrogen and oxygen atoms in total. The number of hydrogen-bond acceptors (Lipinski definition) is 0. The van der Waals surface area contributed by atoms with E-state index in [1.165, 1.54) is 89.9 Å². The van der Waals surface area contributed by atoms with E-state index >= 15 is 0 Å². The molecule has 0 unspecified atom stereocenters. The lowest BCUT2D eigenvalue weighted by molar-refractivity contribution is 0.449. The zero-order chi connectivity index (χ0) is 19.9. The van der Waals surface area contributed by atoms with E-state index in [0.29, 0.717) is 0 Å². The van der Waals surface area contributed by atoms with Crippen LogP contribution in [0.5, 0.6) is 0 Å². The van der Waals surface area contributed by atoms with Crippen molar-refractivity contribution < 1.29 is 4.39 Å². The van der Waals surface area contributed by atoms with E-state index in [9.17, 15) is 4.39 Å². The lowest BCUT2D eigenvalue weighted by atomic mass is 10.1. The van der Waals surface area contributed by atoms with Gasteiger partial charge in [0.2, 0.25) is 0 Å². The van der Waals surface area contributed by atoms with Gasteiger partial charge in [0.05, 0.1) is 6.67 Å². The molecule has 0 fully saturated rings. The highest BCUT2D eigenvalue weighted by Gasteiger charge is 2.23. The topological polar surface area (TPSA) is 0 Å². The maximum absolute atomic E-state index is 11.7. The van der Waals surface area contributed by atoms with E-state index in [1.54, 1.807) is 0 Å². The van der Waals surface area contributed by atoms with E-state index in [1.807, 2.05) is 0 Å². The Bertz CT molecular complexity index is 236. The summed E-state index contributed by atoms with van der Waals surface area (Å²) in [6, 6.07) is -1.49. The van der Waals surface area contributed by atoms with E-state index in [-0.39, 0.29) is 6.67 Å². The van der Waals surface area contributed by atoms with Crippen LogP contribution in [0.25, 0.3) is 0 Å². The minimum atomic E-state index is -2.31. The second kappa shape index (κ2) is 24.1. The van der Waals surface area contributed by atoms with Crippen LogP contribution in [-0.4, -0.2) is 12.7 Å². The van der Waals surface area contributed by atoms with Crippen LogP contribution in [0.3, 0.4) is 0 Å². The summed E-state index contributed by atoms with van der Waals surface area (Å²) in [5.41, 5.74) is 0. The van der Waals surface area contributed by atoms with Crippen LogP contribution in [-0.2, 0) is 0 Å². The minimum absolute atomic E-state index is 0.128. The standard InChI is InChI=1S/C13H27F.C8H17Cl3Si/c1-2-3-4-5-6-7-8-9-10-11-12-13-14;1-2-3-4-5-6-7-8-12(9,10)11/h2-13H2,1H3;2-8H2,1H3. The number of rotatable bonds is 18. The predicted molar refractivity (Wildman–Crippen MR) is 124 cm³/mol. The van der Waals surface area contributed by atoms with Crippen molar-refractivity contribution in [1.29, 1.82) is 0 Å². The van der Waals surface area contributed by atoms with Gasteiger partial charge >= 0.3 is 6.00 Å². The molecule has 0 heterocycles. The monoisotopic (exact) mass is 448 g/mol. The third kappa shape index (κ3) is 32.7. The molecule has 0 atom stereocenters. The molecule has 0 N–H and O–H groups in total. The highest BCUT2D eigenvalue weighted by atomic mass is 35.8. The molecule has 5 heteroatoms. The normalized spacial score (nSPS) is 11.3. The fraction of sp³-hybridized carbons (Fsp3) is 1.00. The zero-order valence-corrected chi connectivity index (χ0v) is 20.7. The molecule has 0 aromatic rings. The number of alkyl halides is 1. The van der Waals surface area contributed by atoms with Gasteiger partial charge < -0.3 is 0 Å². The minimum Gasteiger partial charge on any atom is -0.251 e. The fourth-order valence-corrected chi connectivity index (χ4v) is 4.72. The van der Waals surface area contributed by atoms with Crippen molar-refractivity contribution in [3.8, 4) is 0 Å². The van der Waals surface area contributed by atoms with Crippen molar-refractivity contribution in [2.45, 2.75) is 129 Å². The first kappa shape index (κ1) is 29.2. The number of hydrogen-bond donors (Lipinski definition) is 0. The van der Waals surface area contributed by atoms with Crippen LogP contribution in [0.15, 0.2) is 0 Å². The van der Waals surface area contributed by atoms with Gasteiger partial charge in [-0.1, -0.05) is 117 Å². The molecule has 0 aliphatic carbocycles. The highest BCUT2D eigenvalue weighted by Crippen LogP contribution is 2.27. The molecule has 0 aliphatic rings. The maximum Gasteiger partial charge on any atom is 0.341 e. The predicted octanol–water partition coefficient (Wildman–Crippen LogP) is 10.3. The van der Waals surface area contributed by atoms with Gasteiger partial charge in [-0.25, -0.2) is 0 Å². The molecule has 0 rings (SSSR count). The summed E-state index contributed by atoms with van der Waals surface area (Å²) in [6.45, 7) is 4.34. The van der Waals surface area contributed by atoms with E-state index in [4.69, 9.17) is 33.2 Å². The molecule has 160 valence electrons. The molecule has 0 amide bonds. The average Bonchev–Trinajstić information content (AvgIpc) is 2.59. The molecule has 0 radical (unpaired) electrons. The van der Waals surface area contributed by atoms with E-state index in [0.717, 1.165) is 25.3 Å². The Morgan fingerprint density at radius 1 is 0.500 bits per heavy atom. The Hall–Kier alpha value is 1.02. The number of halogens is 4. The third-order valence-electron chi connectivity index (χ3n) is 4.55. The molecular weight excluding hydrogens is 406 g/mol. The maximum atomic E-state index is 11.7. The summed E-state index contributed by atoms with van der Waals surface area (Å²) in [4.78, 5) is 0. The van der Waals surface area contributed by atoms with Crippen LogP contribution < -0.4 is 0 Å². The molecule has 0 bridgehead atoms. The average molecular weight is 450 g/mol. The van der Waals surface area contributed by atoms with Gasteiger partial charge in [0, 0.05) is 0 Å². The fourth-order valence-electron chi connectivity index (χ4n) is 2.86. The van der Waals surface area contributed by atoms with Gasteiger partial charge in [0.15, 0.2) is 0 Å². The number of unbranched alkanes of at least 4 members (excludes halogenated alkanes) is 15. The third-order valence-corrected chi connectivity index (χ3v) is 7.17. The lowest BCUT2D eigenvalue weighted by Crippen LogP contribution is -2.07. The lowest BCUT2D eigenvalue weighted by Gasteiger charge is -2.06. The van der Waals surface area contributed by atoms with Crippen molar-refractivity contribution in [2.75, 3.05) is 6.67 Å². The summed E-state index contributed by atoms with van der Waals surface area (Å²) in [7, 11) is 0. The summed E-state index contributed by atoms with van der Waals surface area (Å²) in [5.74, 6) is 0. The van der Waals surface area contributed by atoms with E-state index in [2.05, 4.69) is 13.8 Å². The SMILES string of the molecule is CCCCCCCCCCCCCF.CCCCCCCC[Si](Cl)(Cl)Cl. The van der Waals surface area contributed by atoms with Gasteiger partial charge in [0.25, 0.3) is 0 Å². The first-order valence-corrected chi connectivity index (χ1v) is 16.3. The van der Waals surface area contributed by atoms with Crippen molar-refractivity contribution in [3.63, 3.8) is 0 Å². The Labute approximate surface area is 179 Å². The quantitative estimate of drug-likeness (QED) is 0.111. The Kier molecular flexibility index (Phi) is 27.0. The molecule has 0 aromatic carbocycles. The summed E-state index contributed by atoms with van der Waals surface area (Å²) >= 11 is 17.2. The Balaban J connectivity index is 0. The van der Waals surface area contributed by atoms with Crippen molar-refractivity contribution in [1.82, 2.24) is 0 Å². The second-order valence-electron chi connectivity index (χ2n) is 7.36. The highest BCUT2D eigenvalue weighted by molar-refractivity contribution is 7.64. The first-order chi connectivity index (χ1) is 12.5. The van der Waals surface area contributed by atoms with Crippen LogP contribution in [0, 0.1) is 0 Å². The molecule has 0 aliphatic heterocycles. The van der Waals surface area contributed by atoms with Crippen molar-refractivity contribution in [2.24, 2.45) is 0 Å². The smallest absolute Gasteiger partial charge is 0.251 e. The Morgan fingerprint density at radius 3 is 1.12 bits per heavy atom. The van der Waals surface area contributed by atoms with Gasteiger partial charge in [-0.3, -0.25) is 4.39 Å². The van der Waals surface area contributed by atoms with Crippen LogP contribution in [0.4, 0.5) is 4.39 Å². The van der Waals surface area contributed by atoms with Gasteiger partial charge in [-0.2, -0.15) is 0 Å². The Morgan fingerprint density at radius 2 is 0.808 bits per heavy atom. The summed E-state index contributed by atoms with van der Waals surface area (Å²) < 4.78 is 11.7. The summed E-state index contributed by atoms with van der Waals surface area (Å²) in [6.07, 6.45) is 21.7. The molecular formula is C21H44Cl3FSi. The van der Waals surface area contributed by atoms with Crippen LogP contribution >= 0.6 is 33.2 Å². The molecule has 0 spiro atoms. The van der Waals surface area contributed by atoms with Crippen LogP contribution in [0.2, 0.25) is 6.04 Å². The molecule has 26 heavy (non-hydrogen) atoms. The van der Waals surface area contributed by atoms with Crippen molar-refractivity contribution in [3.05, 3.63) is 0 Å². The molecule has 0 saturated heterocycles. The van der Waals surface area contributed by atoms with Crippen molar-refractivity contribution >= 4 is 39.2 Å². The van der Waals surface area contributed by atoms with Gasteiger partial charge in [-0.15, -0.1) is 33.2 Å². The first-order valence-electron chi connectivity index (χ1n) is 11.1. The van der Waals surface area contributed by atoms with E-state index < -0.39 is 6.00 Å². The van der Waals surface area contributed by atoms with Crippen LogP contribution in [0.1, 0.15) is 123 Å². The van der Waals surface area contributed by atoms with Gasteiger partial charge in [-0.05, 0) is 12.5 Å². The second-order valence-corrected chi connectivity index (χ2v) is 16.6. The summed E-state index contributed by atoms with van der Waals surface area (Å²) in [5, 5.41) is 0. The molecule has 0 aromatic heterocycles. The molecule has 0 saturated carbocycles. The zero-order valence-electron chi connectivity index (χ0n) is 17.4.